The van der Waals surface area contributed by atoms with E-state index in [1.165, 1.54) is 24.0 Å². The van der Waals surface area contributed by atoms with Crippen LogP contribution in [0.1, 0.15) is 30.9 Å². The van der Waals surface area contributed by atoms with Gasteiger partial charge in [0.2, 0.25) is 0 Å². The van der Waals surface area contributed by atoms with E-state index in [-0.39, 0.29) is 10.8 Å². The third kappa shape index (κ3) is 7.05. The van der Waals surface area contributed by atoms with Crippen molar-refractivity contribution in [2.24, 2.45) is 5.92 Å². The summed E-state index contributed by atoms with van der Waals surface area (Å²) >= 11 is 7.64. The van der Waals surface area contributed by atoms with E-state index in [1.807, 2.05) is 0 Å². The van der Waals surface area contributed by atoms with Crippen molar-refractivity contribution in [3.8, 4) is 5.75 Å². The molecular weight excluding hydrogens is 538 g/mol. The average molecular weight is 567 g/mol. The van der Waals surface area contributed by atoms with E-state index < -0.39 is 30.0 Å². The quantitative estimate of drug-likeness (QED) is 0.222. The highest BCUT2D eigenvalue weighted by Gasteiger charge is 2.32. The zero-order chi connectivity index (χ0) is 27.2. The second-order valence-electron chi connectivity index (χ2n) is 9.19. The van der Waals surface area contributed by atoms with E-state index in [4.69, 9.17) is 21.1 Å². The number of carboxylic acid groups (broad SMARTS) is 1. The van der Waals surface area contributed by atoms with Crippen molar-refractivity contribution in [3.63, 3.8) is 0 Å². The maximum atomic E-state index is 13.9. The molecule has 2 aromatic carbocycles. The Balaban J connectivity index is 1.38. The number of hydrogen-bond donors (Lipinski definition) is 2. The first-order chi connectivity index (χ1) is 18.2. The molecule has 0 bridgehead atoms. The fourth-order valence-corrected chi connectivity index (χ4v) is 6.10. The molecule has 0 radical (unpaired) electrons. The maximum Gasteiger partial charge on any atom is 0.506 e. The van der Waals surface area contributed by atoms with Gasteiger partial charge in [0.25, 0.3) is 0 Å². The molecule has 2 heterocycles. The average Bonchev–Trinajstić information content (AvgIpc) is 2.89. The second-order valence-corrected chi connectivity index (χ2v) is 10.7. The number of aliphatic hydroxyl groups excluding tert-OH is 1. The number of rotatable bonds is 10. The number of methoxy groups -OCH3 is 1. The van der Waals surface area contributed by atoms with Crippen molar-refractivity contribution < 1.29 is 33.3 Å². The highest BCUT2D eigenvalue weighted by molar-refractivity contribution is 7.99. The summed E-state index contributed by atoms with van der Waals surface area (Å²) in [6.07, 6.45) is 0.249. The van der Waals surface area contributed by atoms with Gasteiger partial charge >= 0.3 is 6.16 Å². The number of aliphatic hydroxyl groups is 1. The minimum atomic E-state index is -1.35. The van der Waals surface area contributed by atoms with Crippen LogP contribution in [-0.4, -0.2) is 64.9 Å². The summed E-state index contributed by atoms with van der Waals surface area (Å²) < 4.78 is 37.8. The van der Waals surface area contributed by atoms with Crippen molar-refractivity contribution in [2.75, 3.05) is 32.5 Å². The molecule has 3 unspecified atom stereocenters. The molecule has 38 heavy (non-hydrogen) atoms. The zero-order valence-electron chi connectivity index (χ0n) is 20.8. The van der Waals surface area contributed by atoms with Crippen LogP contribution < -0.4 is 4.74 Å². The lowest BCUT2D eigenvalue weighted by atomic mass is 9.87. The Bertz CT molecular complexity index is 1280. The first-order valence-electron chi connectivity index (χ1n) is 12.2. The molecular formula is C27H29ClF2N2O5S. The van der Waals surface area contributed by atoms with Crippen LogP contribution in [0.25, 0.3) is 10.9 Å². The molecule has 3 atom stereocenters. The monoisotopic (exact) mass is 566 g/mol. The van der Waals surface area contributed by atoms with Crippen LogP contribution in [0.3, 0.4) is 0 Å². The molecule has 1 aromatic heterocycles. The van der Waals surface area contributed by atoms with Crippen LogP contribution in [0.5, 0.6) is 5.75 Å². The molecule has 3 aromatic rings. The normalized spacial score (nSPS) is 18.9. The van der Waals surface area contributed by atoms with Crippen LogP contribution >= 0.6 is 23.4 Å². The molecule has 1 aliphatic rings. The lowest BCUT2D eigenvalue weighted by Gasteiger charge is -2.37. The molecule has 1 aliphatic heterocycles. The fourth-order valence-electron chi connectivity index (χ4n) is 4.85. The van der Waals surface area contributed by atoms with E-state index in [0.717, 1.165) is 12.1 Å². The van der Waals surface area contributed by atoms with Gasteiger partial charge in [0, 0.05) is 40.9 Å². The van der Waals surface area contributed by atoms with Gasteiger partial charge in [-0.3, -0.25) is 9.88 Å². The summed E-state index contributed by atoms with van der Waals surface area (Å²) in [7, 11) is 1.56. The number of hydrogen-bond acceptors (Lipinski definition) is 7. The van der Waals surface area contributed by atoms with Crippen molar-refractivity contribution in [3.05, 3.63) is 64.8 Å². The topological polar surface area (TPSA) is 92.1 Å². The molecule has 11 heteroatoms. The highest BCUT2D eigenvalue weighted by atomic mass is 35.5. The number of nitrogens with zero attached hydrogens (tertiary/aromatic N) is 2. The molecule has 1 saturated heterocycles. The predicted molar refractivity (Wildman–Crippen MR) is 142 cm³/mol. The third-order valence-electron chi connectivity index (χ3n) is 6.80. The Morgan fingerprint density at radius 3 is 2.87 bits per heavy atom. The van der Waals surface area contributed by atoms with Gasteiger partial charge in [0.05, 0.1) is 23.8 Å². The summed E-state index contributed by atoms with van der Waals surface area (Å²) in [5.74, 6) is 0.0799. The van der Waals surface area contributed by atoms with Gasteiger partial charge in [-0.15, -0.1) is 11.8 Å². The zero-order valence-corrected chi connectivity index (χ0v) is 22.4. The van der Waals surface area contributed by atoms with Crippen LogP contribution in [0.4, 0.5) is 13.6 Å². The van der Waals surface area contributed by atoms with Crippen LogP contribution in [-0.2, 0) is 4.74 Å². The minimum Gasteiger partial charge on any atom is -0.497 e. The van der Waals surface area contributed by atoms with Crippen molar-refractivity contribution in [1.29, 1.82) is 0 Å². The number of thioether (sulfide) groups is 1. The minimum absolute atomic E-state index is 0.0910. The van der Waals surface area contributed by atoms with E-state index in [9.17, 15) is 23.8 Å². The number of carbonyl (C=O) groups is 1. The number of halogens is 3. The number of piperidine rings is 1. The summed E-state index contributed by atoms with van der Waals surface area (Å²) in [4.78, 5) is 18.0. The molecule has 1 fully saturated rings. The third-order valence-corrected chi connectivity index (χ3v) is 8.11. The molecule has 0 aliphatic carbocycles. The van der Waals surface area contributed by atoms with Gasteiger partial charge < -0.3 is 19.7 Å². The van der Waals surface area contributed by atoms with Crippen LogP contribution in [0, 0.1) is 17.6 Å². The second kappa shape index (κ2) is 12.9. The Morgan fingerprint density at radius 2 is 2.11 bits per heavy atom. The summed E-state index contributed by atoms with van der Waals surface area (Å²) in [6, 6.07) is 8.73. The van der Waals surface area contributed by atoms with Crippen LogP contribution in [0.2, 0.25) is 5.02 Å². The van der Waals surface area contributed by atoms with E-state index in [1.54, 1.807) is 25.3 Å². The summed E-state index contributed by atoms with van der Waals surface area (Å²) in [5, 5.41) is 21.4. The Labute approximate surface area is 228 Å². The molecule has 4 rings (SSSR count). The first-order valence-corrected chi connectivity index (χ1v) is 13.6. The Hall–Kier alpha value is -2.66. The smallest absolute Gasteiger partial charge is 0.497 e. The number of pyridine rings is 1. The van der Waals surface area contributed by atoms with Crippen molar-refractivity contribution in [2.45, 2.75) is 36.4 Å². The molecule has 204 valence electrons. The lowest BCUT2D eigenvalue weighted by Crippen LogP contribution is -2.46. The number of ether oxygens (including phenoxy) is 2. The molecule has 0 spiro atoms. The van der Waals surface area contributed by atoms with E-state index in [2.05, 4.69) is 9.88 Å². The SMILES string of the molecule is COc1ccc2ncc(Cl)c(C(O)CCC3CCN(CCSc4cc(F)ccc4F)CC3OC(=O)O)c2c1. The van der Waals surface area contributed by atoms with Gasteiger partial charge in [0.1, 0.15) is 23.5 Å². The fraction of sp³-hybridized carbons (Fsp3) is 0.407. The molecule has 7 nitrogen and oxygen atoms in total. The highest BCUT2D eigenvalue weighted by Crippen LogP contribution is 2.36. The van der Waals surface area contributed by atoms with Gasteiger partial charge in [-0.2, -0.15) is 0 Å². The largest absolute Gasteiger partial charge is 0.506 e. The number of likely N-dealkylation sites (tertiary alicyclic amines) is 1. The van der Waals surface area contributed by atoms with Gasteiger partial charge in [-0.1, -0.05) is 11.6 Å². The van der Waals surface area contributed by atoms with Gasteiger partial charge in [-0.05, 0) is 68.1 Å². The standard InChI is InChI=1S/C27H29ClF2N2O5S/c1-36-18-4-6-22-19(13-18)26(20(28)14-31-22)23(33)7-2-16-8-9-32(15-24(16)37-27(34)35)10-11-38-25-12-17(29)3-5-21(25)30/h3-6,12-14,16,23-24,33H,2,7-11,15H2,1H3,(H,34,35). The van der Waals surface area contributed by atoms with E-state index >= 15 is 0 Å². The molecule has 2 N–H and O–H groups in total. The lowest BCUT2D eigenvalue weighted by molar-refractivity contribution is -0.0223. The Morgan fingerprint density at radius 1 is 1.29 bits per heavy atom. The molecule has 0 saturated carbocycles. The molecule has 0 amide bonds. The van der Waals surface area contributed by atoms with Crippen molar-refractivity contribution in [1.82, 2.24) is 9.88 Å². The first kappa shape index (κ1) is 28.4. The Kier molecular flexibility index (Phi) is 9.64. The van der Waals surface area contributed by atoms with E-state index in [0.29, 0.717) is 71.9 Å². The summed E-state index contributed by atoms with van der Waals surface area (Å²) in [6.45, 7) is 1.65. The number of benzene rings is 2. The van der Waals surface area contributed by atoms with Crippen LogP contribution in [0.15, 0.2) is 47.5 Å². The predicted octanol–water partition coefficient (Wildman–Crippen LogP) is 6.17. The number of fused-ring (bicyclic) bond motifs is 1. The van der Waals surface area contributed by atoms with Gasteiger partial charge in [0.15, 0.2) is 0 Å². The van der Waals surface area contributed by atoms with Crippen molar-refractivity contribution >= 4 is 40.4 Å². The maximum absolute atomic E-state index is 13.9. The summed E-state index contributed by atoms with van der Waals surface area (Å²) in [5.41, 5.74) is 1.24. The number of aromatic nitrogens is 1. The van der Waals surface area contributed by atoms with Gasteiger partial charge in [-0.25, -0.2) is 13.6 Å².